The van der Waals surface area contributed by atoms with Gasteiger partial charge in [-0.05, 0) is 57.9 Å². The van der Waals surface area contributed by atoms with Gasteiger partial charge in [0.2, 0.25) is 5.91 Å². The number of halogens is 1. The van der Waals surface area contributed by atoms with Crippen molar-refractivity contribution in [3.05, 3.63) is 29.3 Å². The fourth-order valence-corrected chi connectivity index (χ4v) is 3.36. The van der Waals surface area contributed by atoms with Crippen molar-refractivity contribution in [1.29, 1.82) is 0 Å². The molecule has 140 valence electrons. The van der Waals surface area contributed by atoms with Gasteiger partial charge in [-0.25, -0.2) is 0 Å². The van der Waals surface area contributed by atoms with Crippen LogP contribution in [0.25, 0.3) is 0 Å². The summed E-state index contributed by atoms with van der Waals surface area (Å²) in [5, 5.41) is 11.5. The molecular weight excluding hydrogens is 340 g/mol. The number of hydrogen-bond acceptors (Lipinski definition) is 4. The molecule has 1 N–H and O–H groups in total. The summed E-state index contributed by atoms with van der Waals surface area (Å²) in [6.45, 7) is 7.65. The van der Waals surface area contributed by atoms with Gasteiger partial charge in [-0.3, -0.25) is 9.69 Å². The van der Waals surface area contributed by atoms with Crippen molar-refractivity contribution >= 4 is 17.5 Å². The number of carbonyl (C=O) groups excluding carboxylic acids is 1. The molecular formula is C19H29ClN2O3. The number of aliphatic hydroxyl groups is 1. The molecule has 6 heteroatoms. The minimum absolute atomic E-state index is 0.158. The quantitative estimate of drug-likeness (QED) is 0.804. The molecule has 0 aromatic heterocycles. The fraction of sp³-hybridized carbons (Fsp3) is 0.632. The first-order chi connectivity index (χ1) is 12.0. The van der Waals surface area contributed by atoms with Gasteiger partial charge in [0.05, 0.1) is 12.1 Å². The molecule has 0 bridgehead atoms. The predicted molar refractivity (Wildman–Crippen MR) is 100 cm³/mol. The minimum Gasteiger partial charge on any atom is -0.491 e. The third-order valence-electron chi connectivity index (χ3n) is 4.79. The Balaban J connectivity index is 1.85. The molecule has 1 aliphatic heterocycles. The van der Waals surface area contributed by atoms with Gasteiger partial charge in [-0.15, -0.1) is 0 Å². The molecule has 1 unspecified atom stereocenters. The smallest absolute Gasteiger partial charge is 0.236 e. The zero-order chi connectivity index (χ0) is 18.3. The standard InChI is InChI=1S/C19H29ClN2O3/c1-3-22(4-2)18(23)14-21-11-6-9-19(24,10-12-21)15-25-17-8-5-7-16(20)13-17/h5,7-8,13,24H,3-4,6,9-12,14-15H2,1-2H3. The van der Waals surface area contributed by atoms with Crippen LogP contribution in [0.15, 0.2) is 24.3 Å². The van der Waals surface area contributed by atoms with Gasteiger partial charge in [0.25, 0.3) is 0 Å². The largest absolute Gasteiger partial charge is 0.491 e. The van der Waals surface area contributed by atoms with Crippen LogP contribution >= 0.6 is 11.6 Å². The summed E-state index contributed by atoms with van der Waals surface area (Å²) < 4.78 is 5.75. The molecule has 0 saturated carbocycles. The van der Waals surface area contributed by atoms with Crippen LogP contribution in [0.1, 0.15) is 33.1 Å². The van der Waals surface area contributed by atoms with Gasteiger partial charge in [0.15, 0.2) is 0 Å². The molecule has 0 spiro atoms. The van der Waals surface area contributed by atoms with Crippen LogP contribution < -0.4 is 4.74 Å². The van der Waals surface area contributed by atoms with Crippen LogP contribution in [0.3, 0.4) is 0 Å². The van der Waals surface area contributed by atoms with Crippen LogP contribution in [0.2, 0.25) is 5.02 Å². The van der Waals surface area contributed by atoms with E-state index < -0.39 is 5.60 Å². The molecule has 25 heavy (non-hydrogen) atoms. The first kappa shape index (κ1) is 20.0. The van der Waals surface area contributed by atoms with E-state index in [1.165, 1.54) is 0 Å². The summed E-state index contributed by atoms with van der Waals surface area (Å²) in [5.41, 5.74) is -0.866. The number of likely N-dealkylation sites (N-methyl/N-ethyl adjacent to an activating group) is 1. The third-order valence-corrected chi connectivity index (χ3v) is 5.02. The summed E-state index contributed by atoms with van der Waals surface area (Å²) in [6, 6.07) is 7.20. The Morgan fingerprint density at radius 1 is 1.32 bits per heavy atom. The lowest BCUT2D eigenvalue weighted by molar-refractivity contribution is -0.132. The van der Waals surface area contributed by atoms with Gasteiger partial charge >= 0.3 is 0 Å². The predicted octanol–water partition coefficient (Wildman–Crippen LogP) is 2.80. The van der Waals surface area contributed by atoms with Crippen molar-refractivity contribution < 1.29 is 14.6 Å². The van der Waals surface area contributed by atoms with E-state index in [0.717, 1.165) is 26.1 Å². The molecule has 1 amide bonds. The first-order valence-electron chi connectivity index (χ1n) is 9.06. The Labute approximate surface area is 155 Å². The molecule has 1 heterocycles. The van der Waals surface area contributed by atoms with E-state index in [0.29, 0.717) is 36.7 Å². The van der Waals surface area contributed by atoms with E-state index in [2.05, 4.69) is 4.90 Å². The maximum absolute atomic E-state index is 12.3. The summed E-state index contributed by atoms with van der Waals surface area (Å²) in [5.74, 6) is 0.823. The summed E-state index contributed by atoms with van der Waals surface area (Å²) in [7, 11) is 0. The van der Waals surface area contributed by atoms with Crippen molar-refractivity contribution in [2.75, 3.05) is 39.3 Å². The zero-order valence-electron chi connectivity index (χ0n) is 15.2. The number of ether oxygens (including phenoxy) is 1. The topological polar surface area (TPSA) is 53.0 Å². The Bertz CT molecular complexity index is 565. The number of hydrogen-bond donors (Lipinski definition) is 1. The lowest BCUT2D eigenvalue weighted by Gasteiger charge is -2.27. The van der Waals surface area contributed by atoms with E-state index in [-0.39, 0.29) is 12.5 Å². The van der Waals surface area contributed by atoms with Gasteiger partial charge < -0.3 is 14.7 Å². The van der Waals surface area contributed by atoms with Gasteiger partial charge in [-0.1, -0.05) is 17.7 Å². The second-order valence-corrected chi connectivity index (χ2v) is 7.10. The number of amides is 1. The normalized spacial score (nSPS) is 21.6. The Hall–Kier alpha value is -1.30. The minimum atomic E-state index is -0.866. The summed E-state index contributed by atoms with van der Waals surface area (Å²) in [6.07, 6.45) is 2.11. The van der Waals surface area contributed by atoms with E-state index in [9.17, 15) is 9.90 Å². The highest BCUT2D eigenvalue weighted by molar-refractivity contribution is 6.30. The SMILES string of the molecule is CCN(CC)C(=O)CN1CCCC(O)(COc2cccc(Cl)c2)CC1. The van der Waals surface area contributed by atoms with E-state index in [4.69, 9.17) is 16.3 Å². The maximum atomic E-state index is 12.3. The molecule has 0 aliphatic carbocycles. The average Bonchev–Trinajstić information content (AvgIpc) is 2.77. The molecule has 1 fully saturated rings. The second kappa shape index (κ2) is 9.41. The van der Waals surface area contributed by atoms with Crippen LogP contribution in [0.4, 0.5) is 0 Å². The molecule has 1 saturated heterocycles. The van der Waals surface area contributed by atoms with Crippen molar-refractivity contribution in [2.45, 2.75) is 38.7 Å². The van der Waals surface area contributed by atoms with Crippen molar-refractivity contribution in [3.63, 3.8) is 0 Å². The van der Waals surface area contributed by atoms with Crippen LogP contribution in [-0.2, 0) is 4.79 Å². The number of nitrogens with zero attached hydrogens (tertiary/aromatic N) is 2. The van der Waals surface area contributed by atoms with Gasteiger partial charge in [0, 0.05) is 24.7 Å². The van der Waals surface area contributed by atoms with Crippen LogP contribution in [0, 0.1) is 0 Å². The molecule has 0 radical (unpaired) electrons. The number of benzene rings is 1. The van der Waals surface area contributed by atoms with Gasteiger partial charge in [0.1, 0.15) is 12.4 Å². The number of carbonyl (C=O) groups is 1. The van der Waals surface area contributed by atoms with Crippen LogP contribution in [-0.4, -0.2) is 65.7 Å². The number of rotatable bonds is 7. The molecule has 1 aromatic rings. The lowest BCUT2D eigenvalue weighted by atomic mass is 9.96. The van der Waals surface area contributed by atoms with E-state index >= 15 is 0 Å². The summed E-state index contributed by atoms with van der Waals surface area (Å²) in [4.78, 5) is 16.3. The summed E-state index contributed by atoms with van der Waals surface area (Å²) >= 11 is 5.96. The Kier molecular flexibility index (Phi) is 7.54. The molecule has 1 atom stereocenters. The molecule has 1 aliphatic rings. The van der Waals surface area contributed by atoms with Crippen molar-refractivity contribution in [2.24, 2.45) is 0 Å². The highest BCUT2D eigenvalue weighted by atomic mass is 35.5. The Morgan fingerprint density at radius 3 is 2.76 bits per heavy atom. The molecule has 1 aromatic carbocycles. The average molecular weight is 369 g/mol. The molecule has 5 nitrogen and oxygen atoms in total. The van der Waals surface area contributed by atoms with Crippen molar-refractivity contribution in [3.8, 4) is 5.75 Å². The van der Waals surface area contributed by atoms with Crippen molar-refractivity contribution in [1.82, 2.24) is 9.80 Å². The monoisotopic (exact) mass is 368 g/mol. The zero-order valence-corrected chi connectivity index (χ0v) is 16.0. The maximum Gasteiger partial charge on any atom is 0.236 e. The highest BCUT2D eigenvalue weighted by Crippen LogP contribution is 2.25. The van der Waals surface area contributed by atoms with E-state index in [1.54, 1.807) is 12.1 Å². The fourth-order valence-electron chi connectivity index (χ4n) is 3.18. The van der Waals surface area contributed by atoms with E-state index in [1.807, 2.05) is 30.9 Å². The second-order valence-electron chi connectivity index (χ2n) is 6.67. The number of likely N-dealkylation sites (tertiary alicyclic amines) is 1. The lowest BCUT2D eigenvalue weighted by Crippen LogP contribution is -2.41. The third kappa shape index (κ3) is 6.17. The highest BCUT2D eigenvalue weighted by Gasteiger charge is 2.31. The first-order valence-corrected chi connectivity index (χ1v) is 9.44. The Morgan fingerprint density at radius 2 is 2.08 bits per heavy atom. The van der Waals surface area contributed by atoms with Crippen LogP contribution in [0.5, 0.6) is 5.75 Å². The van der Waals surface area contributed by atoms with Gasteiger partial charge in [-0.2, -0.15) is 0 Å². The molecule has 2 rings (SSSR count).